The van der Waals surface area contributed by atoms with Crippen molar-refractivity contribution in [2.24, 2.45) is 0 Å². The van der Waals surface area contributed by atoms with Crippen LogP contribution >= 0.6 is 15.9 Å². The molecule has 1 fully saturated rings. The number of aryl methyl sites for hydroxylation is 2. The van der Waals surface area contributed by atoms with E-state index < -0.39 is 5.60 Å². The predicted molar refractivity (Wildman–Crippen MR) is 73.6 cm³/mol. The van der Waals surface area contributed by atoms with Crippen molar-refractivity contribution in [3.05, 3.63) is 15.9 Å². The van der Waals surface area contributed by atoms with Crippen molar-refractivity contribution < 1.29 is 9.84 Å². The summed E-state index contributed by atoms with van der Waals surface area (Å²) in [6.45, 7) is 7.58. The molecule has 1 heterocycles. The van der Waals surface area contributed by atoms with E-state index in [1.807, 2.05) is 18.5 Å². The molecule has 0 saturated heterocycles. The van der Waals surface area contributed by atoms with Crippen LogP contribution in [-0.2, 0) is 17.7 Å². The van der Waals surface area contributed by atoms with E-state index in [4.69, 9.17) is 4.74 Å². The summed E-state index contributed by atoms with van der Waals surface area (Å²) in [6, 6.07) is 0. The van der Waals surface area contributed by atoms with Crippen LogP contribution < -0.4 is 0 Å². The molecule has 1 aromatic rings. The molecule has 0 amide bonds. The maximum atomic E-state index is 10.5. The second-order valence-electron chi connectivity index (χ2n) is 5.05. The van der Waals surface area contributed by atoms with Gasteiger partial charge in [0.2, 0.25) is 0 Å². The van der Waals surface area contributed by atoms with Gasteiger partial charge in [-0.2, -0.15) is 5.10 Å². The number of nitrogens with zero attached hydrogens (tertiary/aromatic N) is 2. The lowest BCUT2D eigenvalue weighted by Crippen LogP contribution is -2.50. The Morgan fingerprint density at radius 3 is 2.72 bits per heavy atom. The Morgan fingerprint density at radius 2 is 2.17 bits per heavy atom. The number of rotatable bonds is 5. The van der Waals surface area contributed by atoms with E-state index in [9.17, 15) is 5.11 Å². The van der Waals surface area contributed by atoms with Gasteiger partial charge in [0.25, 0.3) is 0 Å². The lowest BCUT2D eigenvalue weighted by Gasteiger charge is -2.43. The predicted octanol–water partition coefficient (Wildman–Crippen LogP) is 2.45. The summed E-state index contributed by atoms with van der Waals surface area (Å²) in [5.74, 6) is 0. The molecular formula is C13H21BrN2O2. The van der Waals surface area contributed by atoms with E-state index in [0.29, 0.717) is 6.42 Å². The van der Waals surface area contributed by atoms with Gasteiger partial charge in [-0.3, -0.25) is 4.68 Å². The Balaban J connectivity index is 2.06. The molecule has 4 nitrogen and oxygen atoms in total. The highest BCUT2D eigenvalue weighted by atomic mass is 79.9. The summed E-state index contributed by atoms with van der Waals surface area (Å²) in [6.07, 6.45) is 2.31. The first-order valence-electron chi connectivity index (χ1n) is 6.55. The van der Waals surface area contributed by atoms with Crippen molar-refractivity contribution in [3.8, 4) is 0 Å². The summed E-state index contributed by atoms with van der Waals surface area (Å²) in [4.78, 5) is 0. The van der Waals surface area contributed by atoms with Crippen LogP contribution in [0, 0.1) is 6.92 Å². The fourth-order valence-electron chi connectivity index (χ4n) is 2.64. The average molecular weight is 317 g/mol. The van der Waals surface area contributed by atoms with Crippen LogP contribution in [0.25, 0.3) is 0 Å². The summed E-state index contributed by atoms with van der Waals surface area (Å²) >= 11 is 3.57. The van der Waals surface area contributed by atoms with Crippen LogP contribution in [0.4, 0.5) is 0 Å². The van der Waals surface area contributed by atoms with Crippen molar-refractivity contribution in [1.29, 1.82) is 0 Å². The van der Waals surface area contributed by atoms with Crippen molar-refractivity contribution in [3.63, 3.8) is 0 Å². The van der Waals surface area contributed by atoms with Crippen LogP contribution in [0.15, 0.2) is 4.47 Å². The molecule has 0 bridgehead atoms. The van der Waals surface area contributed by atoms with Gasteiger partial charge in [0.15, 0.2) is 0 Å². The van der Waals surface area contributed by atoms with Crippen LogP contribution in [0.2, 0.25) is 0 Å². The van der Waals surface area contributed by atoms with Gasteiger partial charge in [-0.25, -0.2) is 0 Å². The summed E-state index contributed by atoms with van der Waals surface area (Å²) < 4.78 is 8.50. The Kier molecular flexibility index (Phi) is 4.14. The number of ether oxygens (including phenoxy) is 1. The molecule has 0 radical (unpaired) electrons. The van der Waals surface area contributed by atoms with Crippen LogP contribution in [-0.4, -0.2) is 33.2 Å². The Bertz CT molecular complexity index is 425. The quantitative estimate of drug-likeness (QED) is 0.907. The first-order chi connectivity index (χ1) is 8.49. The fourth-order valence-corrected chi connectivity index (χ4v) is 3.06. The summed E-state index contributed by atoms with van der Waals surface area (Å²) in [7, 11) is 0. The normalized spacial score (nSPS) is 27.3. The summed E-state index contributed by atoms with van der Waals surface area (Å²) in [5, 5.41) is 14.9. The van der Waals surface area contributed by atoms with Crippen LogP contribution in [0.1, 0.15) is 38.1 Å². The lowest BCUT2D eigenvalue weighted by molar-refractivity contribution is -0.137. The second kappa shape index (κ2) is 5.31. The molecule has 5 heteroatoms. The molecule has 0 unspecified atom stereocenters. The zero-order valence-corrected chi connectivity index (χ0v) is 12.8. The monoisotopic (exact) mass is 316 g/mol. The van der Waals surface area contributed by atoms with E-state index >= 15 is 0 Å². The smallest absolute Gasteiger partial charge is 0.0752 e. The van der Waals surface area contributed by atoms with Gasteiger partial charge in [0.1, 0.15) is 0 Å². The van der Waals surface area contributed by atoms with Crippen molar-refractivity contribution in [2.45, 2.75) is 58.3 Å². The minimum Gasteiger partial charge on any atom is -0.389 e. The molecule has 1 N–H and O–H groups in total. The maximum Gasteiger partial charge on any atom is 0.0752 e. The van der Waals surface area contributed by atoms with E-state index in [2.05, 4.69) is 28.0 Å². The standard InChI is InChI=1S/C13H21BrN2O2/c1-4-16-11(12(14)9(3)15-16)8-13(17)6-10(7-13)18-5-2/h10,17H,4-8H2,1-3H3. The fraction of sp³-hybridized carbons (Fsp3) is 0.769. The highest BCUT2D eigenvalue weighted by molar-refractivity contribution is 9.10. The summed E-state index contributed by atoms with van der Waals surface area (Å²) in [5.41, 5.74) is 1.45. The first kappa shape index (κ1) is 14.0. The Morgan fingerprint density at radius 1 is 1.50 bits per heavy atom. The third kappa shape index (κ3) is 2.63. The van der Waals surface area contributed by atoms with E-state index in [0.717, 1.165) is 41.9 Å². The topological polar surface area (TPSA) is 47.3 Å². The Labute approximate surface area is 116 Å². The average Bonchev–Trinajstić information content (AvgIpc) is 2.55. The van der Waals surface area contributed by atoms with Crippen molar-refractivity contribution in [1.82, 2.24) is 9.78 Å². The van der Waals surface area contributed by atoms with E-state index in [1.54, 1.807) is 0 Å². The molecular weight excluding hydrogens is 296 g/mol. The largest absolute Gasteiger partial charge is 0.389 e. The maximum absolute atomic E-state index is 10.5. The van der Waals surface area contributed by atoms with Crippen molar-refractivity contribution >= 4 is 15.9 Å². The zero-order chi connectivity index (χ0) is 13.3. The molecule has 18 heavy (non-hydrogen) atoms. The van der Waals surface area contributed by atoms with Gasteiger partial charge in [-0.1, -0.05) is 0 Å². The van der Waals surface area contributed by atoms with Crippen molar-refractivity contribution in [2.75, 3.05) is 6.61 Å². The first-order valence-corrected chi connectivity index (χ1v) is 7.34. The molecule has 102 valence electrons. The molecule has 1 aromatic heterocycles. The molecule has 0 atom stereocenters. The van der Waals surface area contributed by atoms with E-state index in [-0.39, 0.29) is 6.10 Å². The highest BCUT2D eigenvalue weighted by Gasteiger charge is 2.44. The Hall–Kier alpha value is -0.390. The van der Waals surface area contributed by atoms with Gasteiger partial charge < -0.3 is 9.84 Å². The number of aromatic nitrogens is 2. The minimum atomic E-state index is -0.623. The van der Waals surface area contributed by atoms with Gasteiger partial charge in [0, 0.05) is 32.4 Å². The second-order valence-corrected chi connectivity index (χ2v) is 5.84. The van der Waals surface area contributed by atoms with Gasteiger partial charge in [-0.15, -0.1) is 0 Å². The number of hydrogen-bond donors (Lipinski definition) is 1. The third-order valence-electron chi connectivity index (χ3n) is 3.57. The van der Waals surface area contributed by atoms with Gasteiger partial charge in [-0.05, 0) is 36.7 Å². The number of halogens is 1. The minimum absolute atomic E-state index is 0.220. The zero-order valence-electron chi connectivity index (χ0n) is 11.2. The molecule has 0 spiro atoms. The van der Waals surface area contributed by atoms with E-state index in [1.165, 1.54) is 0 Å². The van der Waals surface area contributed by atoms with Gasteiger partial charge in [0.05, 0.1) is 27.6 Å². The SMILES string of the molecule is CCOC1CC(O)(Cc2c(Br)c(C)nn2CC)C1. The molecule has 0 aliphatic heterocycles. The highest BCUT2D eigenvalue weighted by Crippen LogP contribution is 2.39. The molecule has 1 aliphatic carbocycles. The number of hydrogen-bond acceptors (Lipinski definition) is 3. The third-order valence-corrected chi connectivity index (χ3v) is 4.60. The molecule has 1 saturated carbocycles. The molecule has 2 rings (SSSR count). The van der Waals surface area contributed by atoms with Crippen LogP contribution in [0.3, 0.4) is 0 Å². The number of aliphatic hydroxyl groups is 1. The van der Waals surface area contributed by atoms with Gasteiger partial charge >= 0.3 is 0 Å². The molecule has 0 aromatic carbocycles. The van der Waals surface area contributed by atoms with Crippen LogP contribution in [0.5, 0.6) is 0 Å². The molecule has 1 aliphatic rings. The lowest BCUT2D eigenvalue weighted by atomic mass is 9.74.